The zero-order valence-corrected chi connectivity index (χ0v) is 19.9. The maximum Gasteiger partial charge on any atom is 0.255 e. The van der Waals surface area contributed by atoms with Crippen LogP contribution in [0.5, 0.6) is 5.75 Å². The number of nitrogens with zero attached hydrogens (tertiary/aromatic N) is 1. The van der Waals surface area contributed by atoms with Gasteiger partial charge in [-0.15, -0.1) is 0 Å². The molecular formula is C25H27ClN4O4. The molecule has 3 N–H and O–H groups in total. The molecule has 3 aromatic rings. The highest BCUT2D eigenvalue weighted by Crippen LogP contribution is 2.41. The number of hydrogen-bond acceptors (Lipinski definition) is 6. The van der Waals surface area contributed by atoms with Crippen molar-refractivity contribution in [1.29, 1.82) is 0 Å². The highest BCUT2D eigenvalue weighted by molar-refractivity contribution is 6.31. The molecule has 0 saturated carbocycles. The number of amides is 1. The monoisotopic (exact) mass is 482 g/mol. The Labute approximate surface area is 203 Å². The average molecular weight is 483 g/mol. The topological polar surface area (TPSA) is 97.5 Å². The number of hydrogen-bond donors (Lipinski definition) is 3. The van der Waals surface area contributed by atoms with E-state index in [0.29, 0.717) is 54.9 Å². The number of fused-ring (bicyclic) bond motifs is 1. The lowest BCUT2D eigenvalue weighted by Crippen LogP contribution is -2.39. The van der Waals surface area contributed by atoms with Crippen LogP contribution in [-0.4, -0.2) is 54.4 Å². The van der Waals surface area contributed by atoms with Crippen LogP contribution in [-0.2, 0) is 15.9 Å². The molecule has 2 aliphatic rings. The van der Waals surface area contributed by atoms with Crippen molar-refractivity contribution in [2.24, 2.45) is 0 Å². The van der Waals surface area contributed by atoms with Crippen LogP contribution in [0.3, 0.4) is 0 Å². The van der Waals surface area contributed by atoms with Crippen molar-refractivity contribution in [2.45, 2.75) is 32.4 Å². The van der Waals surface area contributed by atoms with Crippen LogP contribution in [0.1, 0.15) is 28.5 Å². The van der Waals surface area contributed by atoms with Crippen LogP contribution in [0.15, 0.2) is 36.7 Å². The number of ether oxygens (including phenoxy) is 3. The summed E-state index contributed by atoms with van der Waals surface area (Å²) >= 11 is 6.36. The molecule has 1 amide bonds. The first-order chi connectivity index (χ1) is 16.5. The van der Waals surface area contributed by atoms with Gasteiger partial charge >= 0.3 is 0 Å². The molecule has 2 aromatic heterocycles. The van der Waals surface area contributed by atoms with E-state index < -0.39 is 0 Å². The van der Waals surface area contributed by atoms with Crippen LogP contribution < -0.4 is 15.4 Å². The van der Waals surface area contributed by atoms with E-state index >= 15 is 0 Å². The number of rotatable bonds is 6. The Hall–Kier alpha value is -3.07. The van der Waals surface area contributed by atoms with Gasteiger partial charge in [-0.25, -0.2) is 0 Å². The molecular weight excluding hydrogens is 456 g/mol. The third-order valence-electron chi connectivity index (χ3n) is 6.08. The summed E-state index contributed by atoms with van der Waals surface area (Å²) in [5, 5.41) is 7.15. The largest absolute Gasteiger partial charge is 0.488 e. The molecule has 5 rings (SSSR count). The Kier molecular flexibility index (Phi) is 6.45. The predicted molar refractivity (Wildman–Crippen MR) is 130 cm³/mol. The second-order valence-corrected chi connectivity index (χ2v) is 9.00. The summed E-state index contributed by atoms with van der Waals surface area (Å²) < 4.78 is 17.3. The first-order valence-corrected chi connectivity index (χ1v) is 11.7. The van der Waals surface area contributed by atoms with Crippen molar-refractivity contribution in [3.8, 4) is 17.0 Å². The van der Waals surface area contributed by atoms with Crippen LogP contribution in [0.4, 0.5) is 11.4 Å². The molecule has 2 aliphatic heterocycles. The number of H-pyrrole nitrogens is 1. The number of carbonyl (C=O) groups excluding carboxylic acids is 1. The summed E-state index contributed by atoms with van der Waals surface area (Å²) in [6.07, 6.45) is 3.94. The molecule has 8 nitrogen and oxygen atoms in total. The second kappa shape index (κ2) is 9.66. The summed E-state index contributed by atoms with van der Waals surface area (Å²) in [5.74, 6) is 0.470. The van der Waals surface area contributed by atoms with Crippen LogP contribution in [0, 0.1) is 6.92 Å². The van der Waals surface area contributed by atoms with Gasteiger partial charge in [0.05, 0.1) is 43.0 Å². The van der Waals surface area contributed by atoms with E-state index in [1.54, 1.807) is 12.4 Å². The van der Waals surface area contributed by atoms with E-state index in [9.17, 15) is 4.79 Å². The maximum absolute atomic E-state index is 13.0. The molecule has 34 heavy (non-hydrogen) atoms. The maximum atomic E-state index is 13.0. The van der Waals surface area contributed by atoms with Gasteiger partial charge in [0.15, 0.2) is 0 Å². The van der Waals surface area contributed by atoms with E-state index in [1.807, 2.05) is 38.1 Å². The van der Waals surface area contributed by atoms with E-state index in [2.05, 4.69) is 20.6 Å². The molecule has 0 bridgehead atoms. The minimum Gasteiger partial charge on any atom is -0.488 e. The fraction of sp³-hybridized carbons (Fsp3) is 0.360. The van der Waals surface area contributed by atoms with Gasteiger partial charge in [-0.05, 0) is 37.6 Å². The average Bonchev–Trinajstić information content (AvgIpc) is 3.19. The standard InChI is InChI=1S/C25H27ClN4O4/c1-14-10-20-22(25(31)28-14)24(29-19-5-3-4-18(26)15(19)2)23(30-20)17-6-7-27-11-21(17)34-13-16-12-32-8-9-33-16/h3-7,11,14,16,29-30H,8-10,12-13H2,1-2H3,(H,28,31)/t14-,16?/m1/s1. The summed E-state index contributed by atoms with van der Waals surface area (Å²) in [6, 6.07) is 7.57. The Morgan fingerprint density at radius 3 is 3.00 bits per heavy atom. The molecule has 1 aromatic carbocycles. The predicted octanol–water partition coefficient (Wildman–Crippen LogP) is 4.25. The summed E-state index contributed by atoms with van der Waals surface area (Å²) in [4.78, 5) is 20.8. The number of nitrogens with one attached hydrogen (secondary N) is 3. The molecule has 1 fully saturated rings. The zero-order chi connectivity index (χ0) is 23.7. The van der Waals surface area contributed by atoms with Gasteiger partial charge in [-0.2, -0.15) is 0 Å². The number of aromatic nitrogens is 2. The van der Waals surface area contributed by atoms with Gasteiger partial charge < -0.3 is 29.8 Å². The summed E-state index contributed by atoms with van der Waals surface area (Å²) in [7, 11) is 0. The Balaban J connectivity index is 1.56. The number of carbonyl (C=O) groups is 1. The molecule has 1 saturated heterocycles. The number of pyridine rings is 1. The minimum atomic E-state index is -0.142. The van der Waals surface area contributed by atoms with Gasteiger partial charge in [0.25, 0.3) is 5.91 Å². The van der Waals surface area contributed by atoms with Gasteiger partial charge in [-0.3, -0.25) is 9.78 Å². The fourth-order valence-electron chi connectivity index (χ4n) is 4.33. The fourth-order valence-corrected chi connectivity index (χ4v) is 4.50. The number of aromatic amines is 1. The molecule has 0 spiro atoms. The first-order valence-electron chi connectivity index (χ1n) is 11.4. The van der Waals surface area contributed by atoms with E-state index in [1.165, 1.54) is 0 Å². The lowest BCUT2D eigenvalue weighted by atomic mass is 10.0. The van der Waals surface area contributed by atoms with Gasteiger partial charge in [-0.1, -0.05) is 17.7 Å². The van der Waals surface area contributed by atoms with Crippen molar-refractivity contribution < 1.29 is 19.0 Å². The summed E-state index contributed by atoms with van der Waals surface area (Å²) in [5.41, 5.74) is 5.43. The molecule has 0 radical (unpaired) electrons. The van der Waals surface area contributed by atoms with Gasteiger partial charge in [0.1, 0.15) is 18.5 Å². The molecule has 178 valence electrons. The van der Waals surface area contributed by atoms with Crippen molar-refractivity contribution in [3.05, 3.63) is 58.5 Å². The highest BCUT2D eigenvalue weighted by atomic mass is 35.5. The lowest BCUT2D eigenvalue weighted by molar-refractivity contribution is -0.101. The molecule has 0 aliphatic carbocycles. The van der Waals surface area contributed by atoms with Crippen LogP contribution in [0.25, 0.3) is 11.3 Å². The number of benzene rings is 1. The van der Waals surface area contributed by atoms with E-state index in [-0.39, 0.29) is 18.1 Å². The third kappa shape index (κ3) is 4.49. The Morgan fingerprint density at radius 1 is 1.29 bits per heavy atom. The van der Waals surface area contributed by atoms with Gasteiger partial charge in [0, 0.05) is 40.6 Å². The SMILES string of the molecule is Cc1c(Cl)cccc1Nc1c(-c2ccncc2OCC2COCCO2)[nH]c2c1C(=O)N[C@H](C)C2. The molecule has 2 atom stereocenters. The van der Waals surface area contributed by atoms with Crippen molar-refractivity contribution >= 4 is 28.9 Å². The Morgan fingerprint density at radius 2 is 2.18 bits per heavy atom. The van der Waals surface area contributed by atoms with E-state index in [0.717, 1.165) is 28.2 Å². The molecule has 1 unspecified atom stereocenters. The zero-order valence-electron chi connectivity index (χ0n) is 19.1. The normalized spacial score (nSPS) is 19.9. The Bertz CT molecular complexity index is 1210. The van der Waals surface area contributed by atoms with Gasteiger partial charge in [0.2, 0.25) is 0 Å². The van der Waals surface area contributed by atoms with Crippen LogP contribution in [0.2, 0.25) is 5.02 Å². The number of halogens is 1. The molecule has 9 heteroatoms. The van der Waals surface area contributed by atoms with Crippen LogP contribution >= 0.6 is 11.6 Å². The second-order valence-electron chi connectivity index (χ2n) is 8.60. The smallest absolute Gasteiger partial charge is 0.255 e. The quantitative estimate of drug-likeness (QED) is 0.486. The van der Waals surface area contributed by atoms with Crippen molar-refractivity contribution in [1.82, 2.24) is 15.3 Å². The lowest BCUT2D eigenvalue weighted by Gasteiger charge is -2.23. The van der Waals surface area contributed by atoms with Crippen molar-refractivity contribution in [3.63, 3.8) is 0 Å². The van der Waals surface area contributed by atoms with Crippen molar-refractivity contribution in [2.75, 3.05) is 31.7 Å². The number of anilines is 2. The third-order valence-corrected chi connectivity index (χ3v) is 6.49. The first kappa shape index (κ1) is 22.7. The van der Waals surface area contributed by atoms with E-state index in [4.69, 9.17) is 25.8 Å². The minimum absolute atomic E-state index is 0.0314. The summed E-state index contributed by atoms with van der Waals surface area (Å²) in [6.45, 7) is 5.92. The molecule has 4 heterocycles. The highest BCUT2D eigenvalue weighted by Gasteiger charge is 2.31.